The number of hydrogen-bond acceptors (Lipinski definition) is 3. The lowest BCUT2D eigenvalue weighted by Crippen LogP contribution is -2.57. The highest BCUT2D eigenvalue weighted by molar-refractivity contribution is 5.85. The highest BCUT2D eigenvalue weighted by Gasteiger charge is 2.32. The molecule has 2 aliphatic rings. The van der Waals surface area contributed by atoms with Gasteiger partial charge in [0.05, 0.1) is 6.04 Å². The lowest BCUT2D eigenvalue weighted by atomic mass is 10.00. The molecule has 0 bridgehead atoms. The van der Waals surface area contributed by atoms with Gasteiger partial charge >= 0.3 is 0 Å². The molecule has 84 valence electrons. The fourth-order valence-corrected chi connectivity index (χ4v) is 2.07. The number of rotatable bonds is 2. The quantitative estimate of drug-likeness (QED) is 0.748. The molecule has 0 radical (unpaired) electrons. The van der Waals surface area contributed by atoms with Crippen LogP contribution in [0.5, 0.6) is 5.75 Å². The summed E-state index contributed by atoms with van der Waals surface area (Å²) < 4.78 is 5.49. The molecule has 1 unspecified atom stereocenters. The molecule has 4 nitrogen and oxygen atoms in total. The molecular formula is C12H14N2O2. The van der Waals surface area contributed by atoms with Gasteiger partial charge in [-0.3, -0.25) is 4.79 Å². The molecule has 16 heavy (non-hydrogen) atoms. The summed E-state index contributed by atoms with van der Waals surface area (Å²) in [7, 11) is 0. The van der Waals surface area contributed by atoms with Crippen molar-refractivity contribution in [2.24, 2.45) is 0 Å². The molecule has 4 heteroatoms. The largest absolute Gasteiger partial charge is 0.492 e. The molecule has 1 saturated heterocycles. The van der Waals surface area contributed by atoms with Crippen molar-refractivity contribution in [2.75, 3.05) is 19.7 Å². The van der Waals surface area contributed by atoms with E-state index in [1.807, 2.05) is 24.3 Å². The third-order valence-electron chi connectivity index (χ3n) is 3.14. The second kappa shape index (κ2) is 3.79. The van der Waals surface area contributed by atoms with Gasteiger partial charge in [0.1, 0.15) is 18.3 Å². The number of ether oxygens (including phenoxy) is 1. The van der Waals surface area contributed by atoms with Crippen LogP contribution in [0, 0.1) is 0 Å². The Morgan fingerprint density at radius 3 is 2.94 bits per heavy atom. The van der Waals surface area contributed by atoms with Gasteiger partial charge in [0, 0.05) is 18.7 Å². The van der Waals surface area contributed by atoms with Gasteiger partial charge < -0.3 is 15.4 Å². The van der Waals surface area contributed by atoms with Gasteiger partial charge in [-0.25, -0.2) is 0 Å². The van der Waals surface area contributed by atoms with E-state index in [1.54, 1.807) is 0 Å². The van der Waals surface area contributed by atoms with E-state index in [0.29, 0.717) is 12.6 Å². The van der Waals surface area contributed by atoms with E-state index in [9.17, 15) is 4.79 Å². The molecule has 3 rings (SSSR count). The highest BCUT2D eigenvalue weighted by atomic mass is 16.5. The van der Waals surface area contributed by atoms with Crippen molar-refractivity contribution in [2.45, 2.75) is 12.0 Å². The molecule has 1 atom stereocenters. The predicted molar refractivity (Wildman–Crippen MR) is 59.5 cm³/mol. The minimum absolute atomic E-state index is 0.0800. The number of carbonyl (C=O) groups excluding carboxylic acids is 1. The number of hydrogen-bond donors (Lipinski definition) is 2. The van der Waals surface area contributed by atoms with Gasteiger partial charge in [0.2, 0.25) is 5.91 Å². The minimum Gasteiger partial charge on any atom is -0.492 e. The molecule has 0 spiro atoms. The van der Waals surface area contributed by atoms with Crippen molar-refractivity contribution in [1.82, 2.24) is 10.6 Å². The zero-order valence-corrected chi connectivity index (χ0v) is 8.90. The number of para-hydroxylation sites is 1. The Hall–Kier alpha value is -1.55. The van der Waals surface area contributed by atoms with Crippen LogP contribution >= 0.6 is 0 Å². The van der Waals surface area contributed by atoms with E-state index in [4.69, 9.17) is 4.74 Å². The molecule has 2 N–H and O–H groups in total. The average molecular weight is 218 g/mol. The smallest absolute Gasteiger partial charge is 0.231 e. The summed E-state index contributed by atoms with van der Waals surface area (Å²) >= 11 is 0. The monoisotopic (exact) mass is 218 g/mol. The van der Waals surface area contributed by atoms with E-state index in [-0.39, 0.29) is 11.8 Å². The van der Waals surface area contributed by atoms with Crippen LogP contribution in [0.3, 0.4) is 0 Å². The maximum absolute atomic E-state index is 12.0. The average Bonchev–Trinajstić information content (AvgIpc) is 2.67. The maximum atomic E-state index is 12.0. The fraction of sp³-hybridized carbons (Fsp3) is 0.417. The van der Waals surface area contributed by atoms with Gasteiger partial charge in [-0.15, -0.1) is 0 Å². The summed E-state index contributed by atoms with van der Waals surface area (Å²) in [6.07, 6.45) is 0. The number of benzene rings is 1. The fourth-order valence-electron chi connectivity index (χ4n) is 2.07. The summed E-state index contributed by atoms with van der Waals surface area (Å²) in [5.41, 5.74) is 1.01. The van der Waals surface area contributed by atoms with Crippen molar-refractivity contribution >= 4 is 5.91 Å². The highest BCUT2D eigenvalue weighted by Crippen LogP contribution is 2.33. The molecule has 1 fully saturated rings. The van der Waals surface area contributed by atoms with E-state index >= 15 is 0 Å². The first-order valence-electron chi connectivity index (χ1n) is 5.57. The molecule has 1 aromatic carbocycles. The van der Waals surface area contributed by atoms with Crippen LogP contribution < -0.4 is 15.4 Å². The summed E-state index contributed by atoms with van der Waals surface area (Å²) in [4.78, 5) is 12.0. The first kappa shape index (κ1) is 9.66. The zero-order valence-electron chi connectivity index (χ0n) is 8.90. The third kappa shape index (κ3) is 1.55. The van der Waals surface area contributed by atoms with Crippen LogP contribution in [0.25, 0.3) is 0 Å². The van der Waals surface area contributed by atoms with Crippen molar-refractivity contribution < 1.29 is 9.53 Å². The molecule has 2 heterocycles. The number of nitrogens with one attached hydrogen (secondary N) is 2. The Balaban J connectivity index is 1.73. The zero-order chi connectivity index (χ0) is 11.0. The lowest BCUT2D eigenvalue weighted by Gasteiger charge is -2.28. The van der Waals surface area contributed by atoms with Crippen LogP contribution in [-0.4, -0.2) is 31.6 Å². The SMILES string of the molecule is O=C(NC1CNC1)C1COc2ccccc21. The number of fused-ring (bicyclic) bond motifs is 1. The van der Waals surface area contributed by atoms with E-state index in [0.717, 1.165) is 24.4 Å². The maximum Gasteiger partial charge on any atom is 0.231 e. The molecule has 1 amide bonds. The molecule has 0 aliphatic carbocycles. The van der Waals surface area contributed by atoms with E-state index < -0.39 is 0 Å². The molecule has 0 aromatic heterocycles. The minimum atomic E-state index is -0.142. The molecular weight excluding hydrogens is 204 g/mol. The van der Waals surface area contributed by atoms with Gasteiger partial charge in [0.15, 0.2) is 0 Å². The van der Waals surface area contributed by atoms with Crippen molar-refractivity contribution in [3.05, 3.63) is 29.8 Å². The van der Waals surface area contributed by atoms with Crippen LogP contribution in [-0.2, 0) is 4.79 Å². The Kier molecular flexibility index (Phi) is 2.29. The standard InChI is InChI=1S/C12H14N2O2/c15-12(14-8-5-13-6-8)10-7-16-11-4-2-1-3-9(10)11/h1-4,8,10,13H,5-7H2,(H,14,15). The Labute approximate surface area is 94.0 Å². The summed E-state index contributed by atoms with van der Waals surface area (Å²) in [5, 5.41) is 6.15. The Morgan fingerprint density at radius 2 is 2.19 bits per heavy atom. The van der Waals surface area contributed by atoms with Gasteiger partial charge in [0.25, 0.3) is 0 Å². The third-order valence-corrected chi connectivity index (χ3v) is 3.14. The van der Waals surface area contributed by atoms with Crippen LogP contribution in [0.15, 0.2) is 24.3 Å². The predicted octanol–water partition coefficient (Wildman–Crippen LogP) is 0.251. The van der Waals surface area contributed by atoms with Gasteiger partial charge in [-0.1, -0.05) is 18.2 Å². The first-order valence-corrected chi connectivity index (χ1v) is 5.57. The summed E-state index contributed by atoms with van der Waals surface area (Å²) in [6.45, 7) is 2.22. The Morgan fingerprint density at radius 1 is 1.38 bits per heavy atom. The second-order valence-corrected chi connectivity index (χ2v) is 4.27. The topological polar surface area (TPSA) is 50.4 Å². The second-order valence-electron chi connectivity index (χ2n) is 4.27. The van der Waals surface area contributed by atoms with Gasteiger partial charge in [-0.05, 0) is 6.07 Å². The van der Waals surface area contributed by atoms with Crippen molar-refractivity contribution in [3.8, 4) is 5.75 Å². The normalized spacial score (nSPS) is 23.1. The van der Waals surface area contributed by atoms with Crippen molar-refractivity contribution in [3.63, 3.8) is 0 Å². The van der Waals surface area contributed by atoms with Crippen LogP contribution in [0.1, 0.15) is 11.5 Å². The number of carbonyl (C=O) groups is 1. The molecule has 1 aromatic rings. The first-order chi connectivity index (χ1) is 7.84. The Bertz CT molecular complexity index is 415. The lowest BCUT2D eigenvalue weighted by molar-refractivity contribution is -0.123. The van der Waals surface area contributed by atoms with E-state index in [2.05, 4.69) is 10.6 Å². The molecule has 2 aliphatic heterocycles. The van der Waals surface area contributed by atoms with E-state index in [1.165, 1.54) is 0 Å². The van der Waals surface area contributed by atoms with Crippen LogP contribution in [0.2, 0.25) is 0 Å². The van der Waals surface area contributed by atoms with Gasteiger partial charge in [-0.2, -0.15) is 0 Å². The van der Waals surface area contributed by atoms with Crippen molar-refractivity contribution in [1.29, 1.82) is 0 Å². The summed E-state index contributed by atoms with van der Waals surface area (Å²) in [6, 6.07) is 8.03. The number of amides is 1. The summed E-state index contributed by atoms with van der Waals surface area (Å²) in [5.74, 6) is 0.780. The molecule has 0 saturated carbocycles. The van der Waals surface area contributed by atoms with Crippen LogP contribution in [0.4, 0.5) is 0 Å².